The summed E-state index contributed by atoms with van der Waals surface area (Å²) in [6.45, 7) is 2.83. The number of nitrogens with one attached hydrogen (secondary N) is 3. The van der Waals surface area contributed by atoms with Crippen LogP contribution in [-0.2, 0) is 17.9 Å². The number of amides is 3. The van der Waals surface area contributed by atoms with Crippen LogP contribution in [0.3, 0.4) is 0 Å². The molecular weight excluding hydrogens is 358 g/mol. The molecule has 2 aromatic rings. The summed E-state index contributed by atoms with van der Waals surface area (Å²) in [5.74, 6) is 0.980. The maximum absolute atomic E-state index is 12.1. The van der Waals surface area contributed by atoms with E-state index in [0.29, 0.717) is 24.7 Å². The van der Waals surface area contributed by atoms with Crippen molar-refractivity contribution in [3.63, 3.8) is 0 Å². The molecule has 28 heavy (non-hydrogen) atoms. The third-order valence-corrected chi connectivity index (χ3v) is 4.54. The van der Waals surface area contributed by atoms with Gasteiger partial charge in [-0.15, -0.1) is 0 Å². The van der Waals surface area contributed by atoms with Gasteiger partial charge in [0.25, 0.3) is 5.91 Å². The second kappa shape index (κ2) is 10.3. The molecule has 2 rings (SSSR count). The first-order valence-corrected chi connectivity index (χ1v) is 9.13. The van der Waals surface area contributed by atoms with Crippen LogP contribution in [-0.4, -0.2) is 39.2 Å². The molecule has 0 aliphatic carbocycles. The zero-order valence-electron chi connectivity index (χ0n) is 16.7. The highest BCUT2D eigenvalue weighted by molar-refractivity contribution is 5.96. The summed E-state index contributed by atoms with van der Waals surface area (Å²) in [6, 6.07) is 14.8. The first-order chi connectivity index (χ1) is 13.4. The van der Waals surface area contributed by atoms with Crippen LogP contribution in [0.2, 0.25) is 0 Å². The second-order valence-electron chi connectivity index (χ2n) is 6.57. The number of rotatable bonds is 8. The quantitative estimate of drug-likeness (QED) is 0.635. The number of hydrogen-bond acceptors (Lipinski definition) is 4. The van der Waals surface area contributed by atoms with Crippen molar-refractivity contribution in [3.05, 3.63) is 59.7 Å². The highest BCUT2D eigenvalue weighted by atomic mass is 16.5. The minimum Gasteiger partial charge on any atom is -0.493 e. The highest BCUT2D eigenvalue weighted by Gasteiger charge is 2.23. The van der Waals surface area contributed by atoms with Gasteiger partial charge in [0.2, 0.25) is 0 Å². The van der Waals surface area contributed by atoms with Crippen LogP contribution in [0.5, 0.6) is 11.5 Å². The van der Waals surface area contributed by atoms with E-state index < -0.39 is 12.1 Å². The minimum atomic E-state index is -0.508. The van der Waals surface area contributed by atoms with Crippen LogP contribution >= 0.6 is 0 Å². The zero-order chi connectivity index (χ0) is 20.5. The van der Waals surface area contributed by atoms with Gasteiger partial charge in [-0.3, -0.25) is 10.1 Å². The lowest BCUT2D eigenvalue weighted by atomic mass is 10.1. The fraction of sp³-hybridized carbons (Fsp3) is 0.333. The van der Waals surface area contributed by atoms with E-state index in [1.807, 2.05) is 55.6 Å². The Kier molecular flexibility index (Phi) is 7.83. The number of urea groups is 1. The van der Waals surface area contributed by atoms with Crippen molar-refractivity contribution in [3.8, 4) is 11.5 Å². The largest absolute Gasteiger partial charge is 0.493 e. The number of imide groups is 1. The Morgan fingerprint density at radius 1 is 1.07 bits per heavy atom. The first kappa shape index (κ1) is 21.2. The molecule has 3 amide bonds. The van der Waals surface area contributed by atoms with Crippen LogP contribution in [0.1, 0.15) is 18.1 Å². The monoisotopic (exact) mass is 386 g/mol. The van der Waals surface area contributed by atoms with E-state index in [9.17, 15) is 9.59 Å². The topological polar surface area (TPSA) is 81.1 Å². The van der Waals surface area contributed by atoms with Crippen molar-refractivity contribution >= 4 is 11.9 Å². The van der Waals surface area contributed by atoms with Gasteiger partial charge in [-0.2, -0.15) is 0 Å². The zero-order valence-corrected chi connectivity index (χ0v) is 16.7. The van der Waals surface area contributed by atoms with Gasteiger partial charge in [0.05, 0.1) is 14.2 Å². The van der Waals surface area contributed by atoms with E-state index in [2.05, 4.69) is 10.6 Å². The van der Waals surface area contributed by atoms with Crippen LogP contribution in [0.15, 0.2) is 48.5 Å². The average molecular weight is 386 g/mol. The predicted octanol–water partition coefficient (Wildman–Crippen LogP) is 1.13. The molecule has 2 atom stereocenters. The summed E-state index contributed by atoms with van der Waals surface area (Å²) < 4.78 is 11.3. The molecule has 0 aromatic heterocycles. The summed E-state index contributed by atoms with van der Waals surface area (Å²) in [7, 11) is 4.97. The van der Waals surface area contributed by atoms with E-state index in [1.54, 1.807) is 14.0 Å². The molecule has 0 radical (unpaired) electrons. The van der Waals surface area contributed by atoms with E-state index in [4.69, 9.17) is 9.47 Å². The van der Waals surface area contributed by atoms with Crippen molar-refractivity contribution in [2.75, 3.05) is 21.2 Å². The molecular formula is C21H28N3O4+. The van der Waals surface area contributed by atoms with E-state index in [0.717, 1.165) is 16.0 Å². The van der Waals surface area contributed by atoms with Gasteiger partial charge < -0.3 is 19.7 Å². The van der Waals surface area contributed by atoms with Crippen molar-refractivity contribution in [2.24, 2.45) is 0 Å². The SMILES string of the molecule is CNC(=O)NC(=O)[C@@H](C)[NH+](C)Cc1ccc(OCc2ccccc2)c(OC)c1. The molecule has 0 spiro atoms. The molecule has 0 heterocycles. The number of quaternary nitrogens is 1. The third kappa shape index (κ3) is 5.99. The van der Waals surface area contributed by atoms with Gasteiger partial charge in [0, 0.05) is 12.6 Å². The van der Waals surface area contributed by atoms with Crippen molar-refractivity contribution in [2.45, 2.75) is 26.1 Å². The Labute approximate surface area is 165 Å². The van der Waals surface area contributed by atoms with Gasteiger partial charge in [-0.25, -0.2) is 4.79 Å². The van der Waals surface area contributed by atoms with Gasteiger partial charge in [-0.1, -0.05) is 30.3 Å². The maximum atomic E-state index is 12.1. The molecule has 0 aliphatic heterocycles. The van der Waals surface area contributed by atoms with Gasteiger partial charge in [0.15, 0.2) is 17.5 Å². The van der Waals surface area contributed by atoms with Gasteiger partial charge in [-0.05, 0) is 30.7 Å². The second-order valence-corrected chi connectivity index (χ2v) is 6.57. The number of hydrogen-bond donors (Lipinski definition) is 3. The van der Waals surface area contributed by atoms with Crippen molar-refractivity contribution in [1.29, 1.82) is 0 Å². The molecule has 0 aliphatic rings. The van der Waals surface area contributed by atoms with Crippen molar-refractivity contribution in [1.82, 2.24) is 10.6 Å². The number of carbonyl (C=O) groups is 2. The van der Waals surface area contributed by atoms with Gasteiger partial charge >= 0.3 is 6.03 Å². The predicted molar refractivity (Wildman–Crippen MR) is 106 cm³/mol. The molecule has 0 fully saturated rings. The molecule has 150 valence electrons. The average Bonchev–Trinajstić information content (AvgIpc) is 2.72. The summed E-state index contributed by atoms with van der Waals surface area (Å²) in [5, 5.41) is 4.68. The summed E-state index contributed by atoms with van der Waals surface area (Å²) >= 11 is 0. The van der Waals surface area contributed by atoms with Crippen LogP contribution in [0, 0.1) is 0 Å². The highest BCUT2D eigenvalue weighted by Crippen LogP contribution is 2.28. The number of ether oxygens (including phenoxy) is 2. The fourth-order valence-corrected chi connectivity index (χ4v) is 2.66. The van der Waals surface area contributed by atoms with Gasteiger partial charge in [0.1, 0.15) is 13.2 Å². The molecule has 0 saturated carbocycles. The van der Waals surface area contributed by atoms with E-state index in [1.165, 1.54) is 7.05 Å². The smallest absolute Gasteiger partial charge is 0.321 e. The third-order valence-electron chi connectivity index (χ3n) is 4.54. The van der Waals surface area contributed by atoms with Crippen LogP contribution in [0.4, 0.5) is 4.79 Å². The fourth-order valence-electron chi connectivity index (χ4n) is 2.66. The van der Waals surface area contributed by atoms with E-state index >= 15 is 0 Å². The summed E-state index contributed by atoms with van der Waals surface area (Å²) in [5.41, 5.74) is 2.08. The Hall–Kier alpha value is -3.06. The summed E-state index contributed by atoms with van der Waals surface area (Å²) in [4.78, 5) is 24.4. The first-order valence-electron chi connectivity index (χ1n) is 9.13. The lowest BCUT2D eigenvalue weighted by molar-refractivity contribution is -0.908. The molecule has 7 heteroatoms. The Bertz CT molecular complexity index is 795. The van der Waals surface area contributed by atoms with E-state index in [-0.39, 0.29) is 5.91 Å². The normalized spacial score (nSPS) is 12.6. The standard InChI is InChI=1S/C21H27N3O4/c1-15(20(25)23-21(26)22-2)24(3)13-17-10-11-18(19(12-17)27-4)28-14-16-8-6-5-7-9-16/h5-12,15H,13-14H2,1-4H3,(H2,22,23,25,26)/p+1/t15-/m1/s1. The molecule has 0 bridgehead atoms. The Balaban J connectivity index is 2.00. The molecule has 2 aromatic carbocycles. The molecule has 1 unspecified atom stereocenters. The maximum Gasteiger partial charge on any atom is 0.321 e. The molecule has 7 nitrogen and oxygen atoms in total. The minimum absolute atomic E-state index is 0.327. The lowest BCUT2D eigenvalue weighted by Gasteiger charge is -2.21. The van der Waals surface area contributed by atoms with Crippen LogP contribution in [0.25, 0.3) is 0 Å². The van der Waals surface area contributed by atoms with Crippen LogP contribution < -0.4 is 25.0 Å². The van der Waals surface area contributed by atoms with Crippen molar-refractivity contribution < 1.29 is 24.0 Å². The molecule has 3 N–H and O–H groups in total. The molecule has 0 saturated heterocycles. The number of likely N-dealkylation sites (N-methyl/N-ethyl adjacent to an activating group) is 1. The summed E-state index contributed by atoms with van der Waals surface area (Å²) in [6.07, 6.45) is 0. The Morgan fingerprint density at radius 2 is 1.79 bits per heavy atom. The number of carbonyl (C=O) groups excluding carboxylic acids is 2. The lowest BCUT2D eigenvalue weighted by Crippen LogP contribution is -3.12. The Morgan fingerprint density at radius 3 is 2.43 bits per heavy atom. The number of benzene rings is 2. The number of methoxy groups -OCH3 is 1.